The minimum absolute atomic E-state index is 0.464. The number of rotatable bonds is 4. The molecule has 2 nitrogen and oxygen atoms in total. The third-order valence-corrected chi connectivity index (χ3v) is 3.23. The third kappa shape index (κ3) is 2.14. The maximum absolute atomic E-state index is 5.58. The topological polar surface area (TPSA) is 38.0 Å². The molecule has 76 valence electrons. The van der Waals surface area contributed by atoms with Gasteiger partial charge < -0.3 is 0 Å². The summed E-state index contributed by atoms with van der Waals surface area (Å²) in [6.07, 6.45) is 5.10. The average Bonchev–Trinajstić information content (AvgIpc) is 2.15. The molecule has 3 N–H and O–H groups in total. The van der Waals surface area contributed by atoms with Crippen LogP contribution in [0.5, 0.6) is 0 Å². The molecule has 2 rings (SSSR count). The first-order chi connectivity index (χ1) is 6.90. The number of nitrogens with one attached hydrogen (secondary N) is 1. The molecule has 0 heterocycles. The second-order valence-corrected chi connectivity index (χ2v) is 4.15. The zero-order chi connectivity index (χ0) is 9.80. The Bertz CT molecular complexity index is 267. The van der Waals surface area contributed by atoms with Gasteiger partial charge in [0.15, 0.2) is 0 Å². The number of benzene rings is 1. The van der Waals surface area contributed by atoms with E-state index in [2.05, 4.69) is 35.8 Å². The van der Waals surface area contributed by atoms with Gasteiger partial charge in [-0.2, -0.15) is 0 Å². The molecule has 14 heavy (non-hydrogen) atoms. The SMILES string of the molecule is NNC(Cc1ccccc1)C1CCC1. The van der Waals surface area contributed by atoms with E-state index in [0.717, 1.165) is 12.3 Å². The summed E-state index contributed by atoms with van der Waals surface area (Å²) in [5, 5.41) is 0. The number of hydrogen-bond donors (Lipinski definition) is 2. The van der Waals surface area contributed by atoms with E-state index in [-0.39, 0.29) is 0 Å². The molecule has 1 unspecified atom stereocenters. The van der Waals surface area contributed by atoms with Crippen molar-refractivity contribution < 1.29 is 0 Å². The number of hydrazine groups is 1. The molecular formula is C12H18N2. The Labute approximate surface area is 85.5 Å². The van der Waals surface area contributed by atoms with Gasteiger partial charge in [-0.05, 0) is 30.7 Å². The summed E-state index contributed by atoms with van der Waals surface area (Å²) in [4.78, 5) is 0. The Morgan fingerprint density at radius 2 is 2.00 bits per heavy atom. The lowest BCUT2D eigenvalue weighted by Gasteiger charge is -2.33. The van der Waals surface area contributed by atoms with E-state index in [1.807, 2.05) is 0 Å². The molecule has 1 aromatic carbocycles. The first-order valence-corrected chi connectivity index (χ1v) is 5.40. The van der Waals surface area contributed by atoms with Gasteiger partial charge in [-0.1, -0.05) is 36.8 Å². The summed E-state index contributed by atoms with van der Waals surface area (Å²) in [7, 11) is 0. The average molecular weight is 190 g/mol. The molecule has 1 atom stereocenters. The van der Waals surface area contributed by atoms with Crippen molar-refractivity contribution in [2.45, 2.75) is 31.7 Å². The Hall–Kier alpha value is -0.860. The summed E-state index contributed by atoms with van der Waals surface area (Å²) in [6, 6.07) is 11.0. The van der Waals surface area contributed by atoms with Gasteiger partial charge in [0, 0.05) is 6.04 Å². The van der Waals surface area contributed by atoms with Crippen LogP contribution in [0.4, 0.5) is 0 Å². The van der Waals surface area contributed by atoms with Crippen LogP contribution in [0.1, 0.15) is 24.8 Å². The molecule has 1 aliphatic carbocycles. The molecule has 1 fully saturated rings. The molecule has 0 bridgehead atoms. The van der Waals surface area contributed by atoms with Gasteiger partial charge in [0.2, 0.25) is 0 Å². The van der Waals surface area contributed by atoms with Crippen molar-refractivity contribution >= 4 is 0 Å². The molecule has 0 saturated heterocycles. The highest BCUT2D eigenvalue weighted by molar-refractivity contribution is 5.16. The zero-order valence-electron chi connectivity index (χ0n) is 8.45. The van der Waals surface area contributed by atoms with Crippen LogP contribution < -0.4 is 11.3 Å². The van der Waals surface area contributed by atoms with Crippen LogP contribution in [-0.2, 0) is 6.42 Å². The van der Waals surface area contributed by atoms with E-state index in [1.54, 1.807) is 0 Å². The summed E-state index contributed by atoms with van der Waals surface area (Å²) in [5.74, 6) is 6.37. The first kappa shape index (κ1) is 9.69. The predicted molar refractivity (Wildman–Crippen MR) is 58.6 cm³/mol. The van der Waals surface area contributed by atoms with Crippen molar-refractivity contribution in [2.24, 2.45) is 11.8 Å². The highest BCUT2D eigenvalue weighted by atomic mass is 15.2. The summed E-state index contributed by atoms with van der Waals surface area (Å²) < 4.78 is 0. The van der Waals surface area contributed by atoms with Gasteiger partial charge >= 0.3 is 0 Å². The Morgan fingerprint density at radius 1 is 1.29 bits per heavy atom. The molecule has 0 radical (unpaired) electrons. The molecule has 1 saturated carbocycles. The van der Waals surface area contributed by atoms with Crippen LogP contribution in [0.25, 0.3) is 0 Å². The van der Waals surface area contributed by atoms with Crippen LogP contribution in [0, 0.1) is 5.92 Å². The van der Waals surface area contributed by atoms with Crippen LogP contribution in [0.15, 0.2) is 30.3 Å². The summed E-state index contributed by atoms with van der Waals surface area (Å²) >= 11 is 0. The van der Waals surface area contributed by atoms with Crippen LogP contribution >= 0.6 is 0 Å². The van der Waals surface area contributed by atoms with Crippen molar-refractivity contribution in [1.29, 1.82) is 0 Å². The summed E-state index contributed by atoms with van der Waals surface area (Å²) in [6.45, 7) is 0. The van der Waals surface area contributed by atoms with E-state index in [1.165, 1.54) is 24.8 Å². The van der Waals surface area contributed by atoms with Crippen LogP contribution in [0.2, 0.25) is 0 Å². The molecule has 0 aliphatic heterocycles. The lowest BCUT2D eigenvalue weighted by molar-refractivity contribution is 0.228. The Kier molecular flexibility index (Phi) is 3.17. The minimum Gasteiger partial charge on any atom is -0.271 e. The lowest BCUT2D eigenvalue weighted by Crippen LogP contribution is -2.44. The van der Waals surface area contributed by atoms with Gasteiger partial charge in [0.25, 0.3) is 0 Å². The van der Waals surface area contributed by atoms with Crippen molar-refractivity contribution in [2.75, 3.05) is 0 Å². The monoisotopic (exact) mass is 190 g/mol. The standard InChI is InChI=1S/C12H18N2/c13-14-12(11-7-4-8-11)9-10-5-2-1-3-6-10/h1-3,5-6,11-12,14H,4,7-9,13H2. The zero-order valence-corrected chi connectivity index (χ0v) is 8.45. The van der Waals surface area contributed by atoms with E-state index >= 15 is 0 Å². The molecule has 0 spiro atoms. The van der Waals surface area contributed by atoms with Gasteiger partial charge in [-0.3, -0.25) is 11.3 Å². The Morgan fingerprint density at radius 3 is 2.50 bits per heavy atom. The highest BCUT2D eigenvalue weighted by Crippen LogP contribution is 2.30. The normalized spacial score (nSPS) is 18.9. The fourth-order valence-corrected chi connectivity index (χ4v) is 2.07. The van der Waals surface area contributed by atoms with E-state index in [0.29, 0.717) is 6.04 Å². The number of nitrogens with two attached hydrogens (primary N) is 1. The molecule has 0 aromatic heterocycles. The highest BCUT2D eigenvalue weighted by Gasteiger charge is 2.26. The molecule has 1 aliphatic rings. The number of hydrogen-bond acceptors (Lipinski definition) is 2. The molecule has 1 aromatic rings. The lowest BCUT2D eigenvalue weighted by atomic mass is 9.78. The first-order valence-electron chi connectivity index (χ1n) is 5.40. The maximum atomic E-state index is 5.58. The Balaban J connectivity index is 1.94. The minimum atomic E-state index is 0.464. The van der Waals surface area contributed by atoms with E-state index in [9.17, 15) is 0 Å². The molecular weight excluding hydrogens is 172 g/mol. The smallest absolute Gasteiger partial charge is 0.0279 e. The van der Waals surface area contributed by atoms with Crippen LogP contribution in [-0.4, -0.2) is 6.04 Å². The fraction of sp³-hybridized carbons (Fsp3) is 0.500. The van der Waals surface area contributed by atoms with Gasteiger partial charge in [0.05, 0.1) is 0 Å². The van der Waals surface area contributed by atoms with Crippen molar-refractivity contribution in [3.05, 3.63) is 35.9 Å². The van der Waals surface area contributed by atoms with Crippen molar-refractivity contribution in [1.82, 2.24) is 5.43 Å². The second-order valence-electron chi connectivity index (χ2n) is 4.15. The fourth-order valence-electron chi connectivity index (χ4n) is 2.07. The van der Waals surface area contributed by atoms with Crippen molar-refractivity contribution in [3.8, 4) is 0 Å². The van der Waals surface area contributed by atoms with E-state index in [4.69, 9.17) is 5.84 Å². The predicted octanol–water partition coefficient (Wildman–Crippen LogP) is 1.86. The van der Waals surface area contributed by atoms with Gasteiger partial charge in [-0.25, -0.2) is 0 Å². The maximum Gasteiger partial charge on any atom is 0.0279 e. The van der Waals surface area contributed by atoms with Gasteiger partial charge in [0.1, 0.15) is 0 Å². The van der Waals surface area contributed by atoms with E-state index < -0.39 is 0 Å². The largest absolute Gasteiger partial charge is 0.271 e. The van der Waals surface area contributed by atoms with Gasteiger partial charge in [-0.15, -0.1) is 0 Å². The quantitative estimate of drug-likeness (QED) is 0.562. The third-order valence-electron chi connectivity index (χ3n) is 3.23. The van der Waals surface area contributed by atoms with Crippen LogP contribution in [0.3, 0.4) is 0 Å². The van der Waals surface area contributed by atoms with Crippen molar-refractivity contribution in [3.63, 3.8) is 0 Å². The second kappa shape index (κ2) is 4.58. The molecule has 2 heteroatoms. The summed E-state index contributed by atoms with van der Waals surface area (Å²) in [5.41, 5.74) is 4.33. The molecule has 0 amide bonds.